The number of hydrogen-bond acceptors (Lipinski definition) is 1. The summed E-state index contributed by atoms with van der Waals surface area (Å²) in [4.78, 5) is 10.7. The van der Waals surface area contributed by atoms with E-state index in [1.807, 2.05) is 13.0 Å². The highest BCUT2D eigenvalue weighted by Gasteiger charge is 2.36. The zero-order chi connectivity index (χ0) is 9.59. The van der Waals surface area contributed by atoms with Crippen LogP contribution in [0.2, 0.25) is 0 Å². The molecule has 1 aromatic rings. The summed E-state index contributed by atoms with van der Waals surface area (Å²) in [5.41, 5.74) is 3.19. The Balaban J connectivity index is 2.44. The van der Waals surface area contributed by atoms with Crippen LogP contribution in [0.5, 0.6) is 0 Å². The summed E-state index contributed by atoms with van der Waals surface area (Å²) in [5.74, 6) is 0.782. The van der Waals surface area contributed by atoms with Gasteiger partial charge in [-0.15, -0.1) is 0 Å². The van der Waals surface area contributed by atoms with Crippen LogP contribution < -0.4 is 0 Å². The molecule has 0 saturated heterocycles. The molecule has 2 unspecified atom stereocenters. The van der Waals surface area contributed by atoms with E-state index in [-0.39, 0.29) is 0 Å². The van der Waals surface area contributed by atoms with Crippen LogP contribution >= 0.6 is 0 Å². The van der Waals surface area contributed by atoms with Gasteiger partial charge < -0.3 is 4.57 Å². The van der Waals surface area contributed by atoms with Gasteiger partial charge in [0, 0.05) is 23.0 Å². The summed E-state index contributed by atoms with van der Waals surface area (Å²) in [7, 11) is 0. The van der Waals surface area contributed by atoms with Crippen LogP contribution in [0.3, 0.4) is 0 Å². The predicted molar refractivity (Wildman–Crippen MR) is 52.1 cm³/mol. The Hall–Kier alpha value is -1.05. The Kier molecular flexibility index (Phi) is 1.79. The number of hydrogen-bond donors (Lipinski definition) is 0. The van der Waals surface area contributed by atoms with Crippen molar-refractivity contribution in [3.05, 3.63) is 23.0 Å². The molecule has 2 nitrogen and oxygen atoms in total. The van der Waals surface area contributed by atoms with Crippen molar-refractivity contribution in [2.45, 2.75) is 33.2 Å². The van der Waals surface area contributed by atoms with E-state index in [9.17, 15) is 4.79 Å². The zero-order valence-corrected chi connectivity index (χ0v) is 8.37. The molecule has 0 amide bonds. The van der Waals surface area contributed by atoms with Crippen molar-refractivity contribution in [2.24, 2.45) is 5.92 Å². The van der Waals surface area contributed by atoms with Gasteiger partial charge in [-0.05, 0) is 32.3 Å². The van der Waals surface area contributed by atoms with Gasteiger partial charge in [0.25, 0.3) is 0 Å². The van der Waals surface area contributed by atoms with Gasteiger partial charge in [-0.25, -0.2) is 0 Å². The van der Waals surface area contributed by atoms with E-state index >= 15 is 0 Å². The number of carbonyl (C=O) groups excluding carboxylic acids is 1. The van der Waals surface area contributed by atoms with Gasteiger partial charge >= 0.3 is 0 Å². The lowest BCUT2D eigenvalue weighted by atomic mass is 10.3. The normalized spacial score (nSPS) is 26.1. The molecule has 0 radical (unpaired) electrons. The van der Waals surface area contributed by atoms with Crippen molar-refractivity contribution >= 4 is 6.29 Å². The second-order valence-electron chi connectivity index (χ2n) is 4.09. The first-order valence-corrected chi connectivity index (χ1v) is 4.78. The third kappa shape index (κ3) is 1.21. The van der Waals surface area contributed by atoms with E-state index in [1.165, 1.54) is 12.1 Å². The van der Waals surface area contributed by atoms with Crippen LogP contribution in [-0.4, -0.2) is 10.9 Å². The molecular weight excluding hydrogens is 162 g/mol. The number of rotatable bonds is 2. The van der Waals surface area contributed by atoms with Crippen LogP contribution in [-0.2, 0) is 0 Å². The Morgan fingerprint density at radius 2 is 2.15 bits per heavy atom. The lowest BCUT2D eigenvalue weighted by Gasteiger charge is -2.07. The third-order valence-electron chi connectivity index (χ3n) is 3.05. The fraction of sp³-hybridized carbons (Fsp3) is 0.545. The molecule has 0 aliphatic heterocycles. The SMILES string of the molecule is Cc1cc(C=O)c(C)n1C1CC1C. The summed E-state index contributed by atoms with van der Waals surface area (Å²) < 4.78 is 2.30. The van der Waals surface area contributed by atoms with Gasteiger partial charge in [0.15, 0.2) is 6.29 Å². The summed E-state index contributed by atoms with van der Waals surface area (Å²) in [6.45, 7) is 6.36. The Morgan fingerprint density at radius 3 is 2.54 bits per heavy atom. The Bertz CT molecular complexity index is 351. The van der Waals surface area contributed by atoms with E-state index in [1.54, 1.807) is 0 Å². The van der Waals surface area contributed by atoms with E-state index in [0.29, 0.717) is 6.04 Å². The topological polar surface area (TPSA) is 22.0 Å². The van der Waals surface area contributed by atoms with E-state index in [0.717, 1.165) is 23.5 Å². The van der Waals surface area contributed by atoms with E-state index in [4.69, 9.17) is 0 Å². The zero-order valence-electron chi connectivity index (χ0n) is 8.37. The Labute approximate surface area is 78.6 Å². The minimum Gasteiger partial charge on any atom is -0.345 e. The molecule has 70 valence electrons. The van der Waals surface area contributed by atoms with Crippen LogP contribution in [0, 0.1) is 19.8 Å². The molecule has 2 rings (SSSR count). The Morgan fingerprint density at radius 1 is 1.54 bits per heavy atom. The van der Waals surface area contributed by atoms with E-state index in [2.05, 4.69) is 18.4 Å². The van der Waals surface area contributed by atoms with Crippen LogP contribution in [0.15, 0.2) is 6.07 Å². The quantitative estimate of drug-likeness (QED) is 0.636. The first-order chi connectivity index (χ1) is 6.15. The molecule has 1 heterocycles. The average molecular weight is 177 g/mol. The van der Waals surface area contributed by atoms with Crippen molar-refractivity contribution in [3.8, 4) is 0 Å². The van der Waals surface area contributed by atoms with Crippen LogP contribution in [0.4, 0.5) is 0 Å². The molecule has 1 fully saturated rings. The standard InChI is InChI=1S/C11H15NO/c1-7-4-11(7)12-8(2)5-10(6-13)9(12)3/h5-7,11H,4H2,1-3H3. The number of carbonyl (C=O) groups is 1. The van der Waals surface area contributed by atoms with Crippen LogP contribution in [0.25, 0.3) is 0 Å². The number of aromatic nitrogens is 1. The molecule has 1 aromatic heterocycles. The second kappa shape index (κ2) is 2.72. The molecule has 0 spiro atoms. The molecule has 0 bridgehead atoms. The highest BCUT2D eigenvalue weighted by Crippen LogP contribution is 2.44. The summed E-state index contributed by atoms with van der Waals surface area (Å²) in [5, 5.41) is 0. The maximum Gasteiger partial charge on any atom is 0.151 e. The number of aryl methyl sites for hydroxylation is 1. The molecule has 13 heavy (non-hydrogen) atoms. The molecule has 2 atom stereocenters. The largest absolute Gasteiger partial charge is 0.345 e. The molecule has 1 saturated carbocycles. The summed E-state index contributed by atoms with van der Waals surface area (Å²) in [6, 6.07) is 2.63. The van der Waals surface area contributed by atoms with Gasteiger partial charge in [0.1, 0.15) is 0 Å². The number of nitrogens with zero attached hydrogens (tertiary/aromatic N) is 1. The van der Waals surface area contributed by atoms with Crippen molar-refractivity contribution in [1.82, 2.24) is 4.57 Å². The lowest BCUT2D eigenvalue weighted by molar-refractivity contribution is 0.112. The predicted octanol–water partition coefficient (Wildman–Crippen LogP) is 2.50. The molecule has 2 heteroatoms. The summed E-state index contributed by atoms with van der Waals surface area (Å²) in [6.07, 6.45) is 2.21. The maximum atomic E-state index is 10.7. The van der Waals surface area contributed by atoms with Crippen molar-refractivity contribution in [1.29, 1.82) is 0 Å². The smallest absolute Gasteiger partial charge is 0.151 e. The molecule has 0 N–H and O–H groups in total. The highest BCUT2D eigenvalue weighted by atomic mass is 16.1. The fourth-order valence-electron chi connectivity index (χ4n) is 2.09. The average Bonchev–Trinajstić information content (AvgIpc) is 2.70. The van der Waals surface area contributed by atoms with Gasteiger partial charge in [0.05, 0.1) is 0 Å². The monoisotopic (exact) mass is 177 g/mol. The minimum absolute atomic E-state index is 0.647. The summed E-state index contributed by atoms with van der Waals surface area (Å²) >= 11 is 0. The van der Waals surface area contributed by atoms with Crippen molar-refractivity contribution < 1.29 is 4.79 Å². The first kappa shape index (κ1) is 8.54. The van der Waals surface area contributed by atoms with Gasteiger partial charge in [-0.3, -0.25) is 4.79 Å². The van der Waals surface area contributed by atoms with Gasteiger partial charge in [-0.1, -0.05) is 6.92 Å². The fourth-order valence-corrected chi connectivity index (χ4v) is 2.09. The number of aldehydes is 1. The van der Waals surface area contributed by atoms with Gasteiger partial charge in [0.2, 0.25) is 0 Å². The molecule has 0 aromatic carbocycles. The first-order valence-electron chi connectivity index (χ1n) is 4.78. The highest BCUT2D eigenvalue weighted by molar-refractivity contribution is 5.77. The van der Waals surface area contributed by atoms with Gasteiger partial charge in [-0.2, -0.15) is 0 Å². The minimum atomic E-state index is 0.647. The van der Waals surface area contributed by atoms with E-state index < -0.39 is 0 Å². The molecule has 1 aliphatic carbocycles. The van der Waals surface area contributed by atoms with Crippen LogP contribution in [0.1, 0.15) is 41.1 Å². The maximum absolute atomic E-state index is 10.7. The van der Waals surface area contributed by atoms with Crippen molar-refractivity contribution in [2.75, 3.05) is 0 Å². The lowest BCUT2D eigenvalue weighted by Crippen LogP contribution is -2.00. The second-order valence-corrected chi connectivity index (χ2v) is 4.09. The molecule has 1 aliphatic rings. The third-order valence-corrected chi connectivity index (χ3v) is 3.05. The molecular formula is C11H15NO. The van der Waals surface area contributed by atoms with Crippen molar-refractivity contribution in [3.63, 3.8) is 0 Å².